The van der Waals surface area contributed by atoms with Crippen molar-refractivity contribution in [1.82, 2.24) is 19.8 Å². The van der Waals surface area contributed by atoms with Crippen LogP contribution < -0.4 is 5.32 Å². The molecule has 5 rings (SSSR count). The van der Waals surface area contributed by atoms with Gasteiger partial charge in [-0.15, -0.1) is 0 Å². The van der Waals surface area contributed by atoms with Gasteiger partial charge in [-0.25, -0.2) is 14.4 Å². The molecule has 190 valence electrons. The number of benzene rings is 1. The van der Waals surface area contributed by atoms with E-state index in [0.717, 1.165) is 68.8 Å². The van der Waals surface area contributed by atoms with Gasteiger partial charge in [-0.05, 0) is 56.7 Å². The van der Waals surface area contributed by atoms with Crippen LogP contribution >= 0.6 is 11.6 Å². The van der Waals surface area contributed by atoms with E-state index in [9.17, 15) is 8.78 Å². The normalized spacial score (nSPS) is 22.6. The van der Waals surface area contributed by atoms with Gasteiger partial charge in [0, 0.05) is 49.4 Å². The molecular weight excluding hydrogens is 479 g/mol. The molecule has 3 aliphatic rings. The van der Waals surface area contributed by atoms with Crippen molar-refractivity contribution >= 4 is 17.4 Å². The fourth-order valence-corrected chi connectivity index (χ4v) is 5.62. The zero-order chi connectivity index (χ0) is 24.7. The number of nitrogens with zero attached hydrogens (tertiary/aromatic N) is 4. The number of nitrogens with one attached hydrogen (secondary N) is 1. The SMILES string of the molecule is C[C@@H](Nc1nc(Cl)nc2c1CC(N1CCN(C3CC3)CC1)CC2)c1cccc(C(F)(F)CO)c1F. The first-order valence-electron chi connectivity index (χ1n) is 12.3. The highest BCUT2D eigenvalue weighted by molar-refractivity contribution is 6.28. The number of aryl methyl sites for hydroxylation is 1. The number of rotatable bonds is 7. The number of fused-ring (bicyclic) bond motifs is 1. The van der Waals surface area contributed by atoms with Gasteiger partial charge in [0.15, 0.2) is 0 Å². The Labute approximate surface area is 208 Å². The van der Waals surface area contributed by atoms with Crippen LogP contribution in [-0.2, 0) is 18.8 Å². The Hall–Kier alpha value is -1.94. The number of aromatic nitrogens is 2. The summed E-state index contributed by atoms with van der Waals surface area (Å²) < 4.78 is 43.1. The quantitative estimate of drug-likeness (QED) is 0.546. The zero-order valence-electron chi connectivity index (χ0n) is 19.8. The molecule has 1 aliphatic heterocycles. The van der Waals surface area contributed by atoms with Crippen LogP contribution in [0.1, 0.15) is 54.6 Å². The van der Waals surface area contributed by atoms with Crippen LogP contribution in [0.5, 0.6) is 0 Å². The van der Waals surface area contributed by atoms with Crippen LogP contribution in [0.25, 0.3) is 0 Å². The predicted octanol–water partition coefficient (Wildman–Crippen LogP) is 4.16. The van der Waals surface area contributed by atoms with Gasteiger partial charge in [-0.2, -0.15) is 8.78 Å². The van der Waals surface area contributed by atoms with E-state index in [0.29, 0.717) is 11.9 Å². The molecule has 0 bridgehead atoms. The lowest BCUT2D eigenvalue weighted by Gasteiger charge is -2.41. The Bertz CT molecular complexity index is 1080. The van der Waals surface area contributed by atoms with E-state index < -0.39 is 30.0 Å². The molecule has 10 heteroatoms. The molecule has 2 N–H and O–H groups in total. The largest absolute Gasteiger partial charge is 0.390 e. The average Bonchev–Trinajstić information content (AvgIpc) is 3.69. The van der Waals surface area contributed by atoms with Crippen molar-refractivity contribution in [1.29, 1.82) is 0 Å². The molecule has 2 atom stereocenters. The molecule has 1 aromatic carbocycles. The van der Waals surface area contributed by atoms with Crippen molar-refractivity contribution in [2.45, 2.75) is 63.1 Å². The maximum atomic E-state index is 15.0. The molecule has 2 heterocycles. The number of aliphatic hydroxyl groups excluding tert-OH is 1. The first kappa shape index (κ1) is 24.7. The van der Waals surface area contributed by atoms with Crippen LogP contribution in [0, 0.1) is 5.82 Å². The lowest BCUT2D eigenvalue weighted by Crippen LogP contribution is -2.52. The third kappa shape index (κ3) is 5.14. The third-order valence-corrected chi connectivity index (χ3v) is 7.76. The number of hydrogen-bond acceptors (Lipinski definition) is 6. The van der Waals surface area contributed by atoms with Crippen LogP contribution in [0.2, 0.25) is 5.28 Å². The van der Waals surface area contributed by atoms with Gasteiger partial charge in [-0.3, -0.25) is 9.80 Å². The minimum Gasteiger partial charge on any atom is -0.390 e. The van der Waals surface area contributed by atoms with Crippen molar-refractivity contribution in [3.8, 4) is 0 Å². The van der Waals surface area contributed by atoms with Gasteiger partial charge < -0.3 is 10.4 Å². The molecule has 0 amide bonds. The number of piperazine rings is 1. The van der Waals surface area contributed by atoms with Crippen molar-refractivity contribution in [2.75, 3.05) is 38.1 Å². The lowest BCUT2D eigenvalue weighted by atomic mass is 9.90. The molecule has 0 spiro atoms. The van der Waals surface area contributed by atoms with Gasteiger partial charge in [-0.1, -0.05) is 12.1 Å². The van der Waals surface area contributed by atoms with E-state index in [1.807, 2.05) is 0 Å². The van der Waals surface area contributed by atoms with E-state index in [4.69, 9.17) is 16.7 Å². The van der Waals surface area contributed by atoms with Crippen molar-refractivity contribution in [2.24, 2.45) is 0 Å². The first-order chi connectivity index (χ1) is 16.8. The Morgan fingerprint density at radius 3 is 2.46 bits per heavy atom. The highest BCUT2D eigenvalue weighted by Gasteiger charge is 2.36. The van der Waals surface area contributed by atoms with E-state index in [-0.39, 0.29) is 10.8 Å². The van der Waals surface area contributed by atoms with Gasteiger partial charge >= 0.3 is 0 Å². The number of anilines is 1. The predicted molar refractivity (Wildman–Crippen MR) is 128 cm³/mol. The number of aliphatic hydroxyl groups is 1. The summed E-state index contributed by atoms with van der Waals surface area (Å²) in [4.78, 5) is 14.0. The Morgan fingerprint density at radius 2 is 1.80 bits per heavy atom. The van der Waals surface area contributed by atoms with E-state index in [2.05, 4.69) is 25.1 Å². The zero-order valence-corrected chi connectivity index (χ0v) is 20.5. The minimum absolute atomic E-state index is 0.0719. The number of halogens is 4. The third-order valence-electron chi connectivity index (χ3n) is 7.59. The number of hydrogen-bond donors (Lipinski definition) is 2. The second-order valence-corrected chi connectivity index (χ2v) is 10.2. The van der Waals surface area contributed by atoms with Gasteiger partial charge in [0.2, 0.25) is 5.28 Å². The van der Waals surface area contributed by atoms with Crippen molar-refractivity contribution in [3.63, 3.8) is 0 Å². The number of alkyl halides is 2. The van der Waals surface area contributed by atoms with Crippen molar-refractivity contribution < 1.29 is 18.3 Å². The summed E-state index contributed by atoms with van der Waals surface area (Å²) in [7, 11) is 0. The summed E-state index contributed by atoms with van der Waals surface area (Å²) in [5.74, 6) is -4.17. The Morgan fingerprint density at radius 1 is 1.11 bits per heavy atom. The maximum Gasteiger partial charge on any atom is 0.298 e. The first-order valence-corrected chi connectivity index (χ1v) is 12.7. The smallest absolute Gasteiger partial charge is 0.298 e. The lowest BCUT2D eigenvalue weighted by molar-refractivity contribution is -0.0583. The van der Waals surface area contributed by atoms with Crippen molar-refractivity contribution in [3.05, 3.63) is 51.7 Å². The molecule has 1 saturated carbocycles. The van der Waals surface area contributed by atoms with Gasteiger partial charge in [0.1, 0.15) is 18.2 Å². The molecular formula is C25H31ClF3N5O. The average molecular weight is 510 g/mol. The van der Waals surface area contributed by atoms with Gasteiger partial charge in [0.25, 0.3) is 5.92 Å². The van der Waals surface area contributed by atoms with Gasteiger partial charge in [0.05, 0.1) is 17.3 Å². The second-order valence-electron chi connectivity index (χ2n) is 9.90. The molecule has 6 nitrogen and oxygen atoms in total. The summed E-state index contributed by atoms with van der Waals surface area (Å²) >= 11 is 6.20. The highest BCUT2D eigenvalue weighted by atomic mass is 35.5. The molecule has 1 aromatic heterocycles. The second kappa shape index (κ2) is 9.84. The van der Waals surface area contributed by atoms with Crippen LogP contribution in [0.15, 0.2) is 18.2 Å². The minimum atomic E-state index is -3.66. The summed E-state index contributed by atoms with van der Waals surface area (Å²) in [5, 5.41) is 12.3. The molecule has 35 heavy (non-hydrogen) atoms. The maximum absolute atomic E-state index is 15.0. The summed E-state index contributed by atoms with van der Waals surface area (Å²) in [6.45, 7) is 4.52. The fourth-order valence-electron chi connectivity index (χ4n) is 5.44. The fraction of sp³-hybridized carbons (Fsp3) is 0.600. The monoisotopic (exact) mass is 509 g/mol. The molecule has 2 fully saturated rings. The Balaban J connectivity index is 1.35. The van der Waals surface area contributed by atoms with E-state index >= 15 is 4.39 Å². The molecule has 1 unspecified atom stereocenters. The summed E-state index contributed by atoms with van der Waals surface area (Å²) in [6, 6.07) is 4.33. The van der Waals surface area contributed by atoms with E-state index in [1.165, 1.54) is 25.0 Å². The topological polar surface area (TPSA) is 64.5 Å². The molecule has 2 aliphatic carbocycles. The Kier molecular flexibility index (Phi) is 6.96. The summed E-state index contributed by atoms with van der Waals surface area (Å²) in [6.07, 6.45) is 5.18. The van der Waals surface area contributed by atoms with Crippen LogP contribution in [0.3, 0.4) is 0 Å². The van der Waals surface area contributed by atoms with Crippen LogP contribution in [-0.4, -0.2) is 69.7 Å². The van der Waals surface area contributed by atoms with E-state index in [1.54, 1.807) is 6.92 Å². The molecule has 2 aromatic rings. The molecule has 1 saturated heterocycles. The van der Waals surface area contributed by atoms with Crippen LogP contribution in [0.4, 0.5) is 19.0 Å². The standard InChI is InChI=1S/C25H31ClF3N5O/c1-15(18-3-2-4-20(22(18)27)25(28,29)14-35)30-23-19-13-17(7-8-21(19)31-24(26)32-23)34-11-9-33(10-12-34)16-5-6-16/h2-4,15-17,35H,5-14H2,1H3,(H,30,31,32)/t15-,17?/m1/s1. The molecule has 0 radical (unpaired) electrons. The summed E-state index contributed by atoms with van der Waals surface area (Å²) in [5.41, 5.74) is 1.09. The highest BCUT2D eigenvalue weighted by Crippen LogP contribution is 2.35.